The van der Waals surface area contributed by atoms with Crippen molar-refractivity contribution in [1.29, 1.82) is 0 Å². The molecule has 5 nitrogen and oxygen atoms in total. The number of nitrogens with one attached hydrogen (secondary N) is 2. The van der Waals surface area contributed by atoms with Gasteiger partial charge in [-0.05, 0) is 25.1 Å². The number of aromatic amines is 1. The molecule has 8 heteroatoms. The molecule has 0 saturated carbocycles. The van der Waals surface area contributed by atoms with E-state index in [-0.39, 0.29) is 22.9 Å². The summed E-state index contributed by atoms with van der Waals surface area (Å²) >= 11 is 7.11. The summed E-state index contributed by atoms with van der Waals surface area (Å²) in [5.41, 5.74) is 4.85. The zero-order valence-corrected chi connectivity index (χ0v) is 12.2. The van der Waals surface area contributed by atoms with Crippen molar-refractivity contribution in [2.24, 2.45) is 5.10 Å². The zero-order valence-electron chi connectivity index (χ0n) is 9.81. The van der Waals surface area contributed by atoms with Gasteiger partial charge in [-0.3, -0.25) is 4.79 Å². The molecule has 0 saturated heterocycles. The van der Waals surface area contributed by atoms with Gasteiger partial charge in [0.1, 0.15) is 5.71 Å². The Hall–Kier alpha value is -1.24. The number of imidazole rings is 1. The van der Waals surface area contributed by atoms with E-state index in [1.807, 2.05) is 19.1 Å². The van der Waals surface area contributed by atoms with Gasteiger partial charge in [-0.15, -0.1) is 12.4 Å². The minimum absolute atomic E-state index is 0. The van der Waals surface area contributed by atoms with Crippen molar-refractivity contribution >= 4 is 57.8 Å². The summed E-state index contributed by atoms with van der Waals surface area (Å²) < 4.78 is 0. The van der Waals surface area contributed by atoms with E-state index in [2.05, 4.69) is 20.5 Å². The van der Waals surface area contributed by atoms with Crippen LogP contribution in [0.3, 0.4) is 0 Å². The average molecular weight is 317 g/mol. The second-order valence-electron chi connectivity index (χ2n) is 3.90. The van der Waals surface area contributed by atoms with Gasteiger partial charge in [0.2, 0.25) is 0 Å². The van der Waals surface area contributed by atoms with Crippen molar-refractivity contribution < 1.29 is 4.79 Å². The van der Waals surface area contributed by atoms with Gasteiger partial charge < -0.3 is 4.98 Å². The summed E-state index contributed by atoms with van der Waals surface area (Å²) in [6.45, 7) is 1.92. The molecular formula is C11H10Cl2N4OS. The number of benzene rings is 1. The second kappa shape index (κ2) is 5.40. The van der Waals surface area contributed by atoms with E-state index in [0.717, 1.165) is 16.7 Å². The first-order valence-corrected chi connectivity index (χ1v) is 6.59. The molecule has 0 spiro atoms. The predicted molar refractivity (Wildman–Crippen MR) is 80.5 cm³/mol. The van der Waals surface area contributed by atoms with Crippen LogP contribution in [0.15, 0.2) is 23.3 Å². The molecule has 2 aromatic rings. The van der Waals surface area contributed by atoms with E-state index in [4.69, 9.17) is 11.6 Å². The highest BCUT2D eigenvalue weighted by Crippen LogP contribution is 2.22. The van der Waals surface area contributed by atoms with E-state index in [1.54, 1.807) is 6.07 Å². The minimum Gasteiger partial charge on any atom is -0.337 e. The molecule has 0 radical (unpaired) electrons. The fourth-order valence-electron chi connectivity index (χ4n) is 1.79. The first kappa shape index (κ1) is 14.2. The number of thioether (sulfide) groups is 1. The highest BCUT2D eigenvalue weighted by atomic mass is 35.5. The van der Waals surface area contributed by atoms with E-state index >= 15 is 0 Å². The van der Waals surface area contributed by atoms with Crippen molar-refractivity contribution in [2.45, 2.75) is 12.2 Å². The van der Waals surface area contributed by atoms with Gasteiger partial charge >= 0.3 is 0 Å². The number of carbonyl (C=O) groups excluding carboxylic acids is 1. The van der Waals surface area contributed by atoms with Gasteiger partial charge in [-0.1, -0.05) is 23.4 Å². The Morgan fingerprint density at radius 2 is 2.21 bits per heavy atom. The van der Waals surface area contributed by atoms with Crippen LogP contribution in [0.2, 0.25) is 5.02 Å². The molecule has 3 rings (SSSR count). The molecule has 1 aromatic heterocycles. The van der Waals surface area contributed by atoms with Crippen LogP contribution in [-0.4, -0.2) is 26.2 Å². The van der Waals surface area contributed by atoms with E-state index in [0.29, 0.717) is 10.8 Å². The van der Waals surface area contributed by atoms with Gasteiger partial charge in [0, 0.05) is 5.02 Å². The first-order chi connectivity index (χ1) is 8.63. The van der Waals surface area contributed by atoms with Crippen molar-refractivity contribution in [3.05, 3.63) is 29.0 Å². The third-order valence-corrected chi connectivity index (χ3v) is 3.74. The number of nitrogens with zero attached hydrogens (tertiary/aromatic N) is 2. The van der Waals surface area contributed by atoms with Crippen LogP contribution in [-0.2, 0) is 0 Å². The number of aromatic nitrogens is 2. The number of rotatable bonds is 1. The van der Waals surface area contributed by atoms with E-state index in [9.17, 15) is 4.79 Å². The maximum absolute atomic E-state index is 11.2. The van der Waals surface area contributed by atoms with Crippen molar-refractivity contribution in [2.75, 3.05) is 0 Å². The Balaban J connectivity index is 0.00000133. The van der Waals surface area contributed by atoms with Crippen LogP contribution in [0.1, 0.15) is 12.7 Å². The van der Waals surface area contributed by atoms with E-state index < -0.39 is 0 Å². The molecule has 19 heavy (non-hydrogen) atoms. The van der Waals surface area contributed by atoms with Gasteiger partial charge in [0.25, 0.3) is 5.24 Å². The molecule has 0 bridgehead atoms. The third-order valence-electron chi connectivity index (χ3n) is 2.62. The molecule has 1 aromatic carbocycles. The second-order valence-corrected chi connectivity index (χ2v) is 5.65. The van der Waals surface area contributed by atoms with Crippen LogP contribution in [0.5, 0.6) is 0 Å². The summed E-state index contributed by atoms with van der Waals surface area (Å²) in [6, 6.07) is 5.45. The number of hydrogen-bond acceptors (Lipinski definition) is 4. The zero-order chi connectivity index (χ0) is 12.7. The molecule has 1 unspecified atom stereocenters. The Kier molecular flexibility index (Phi) is 4.03. The average Bonchev–Trinajstić information content (AvgIpc) is 2.71. The van der Waals surface area contributed by atoms with Crippen molar-refractivity contribution in [1.82, 2.24) is 15.4 Å². The van der Waals surface area contributed by atoms with E-state index in [1.165, 1.54) is 11.8 Å². The maximum Gasteiger partial charge on any atom is 0.299 e. The number of H-pyrrole nitrogens is 1. The lowest BCUT2D eigenvalue weighted by molar-refractivity contribution is 0.261. The van der Waals surface area contributed by atoms with Gasteiger partial charge in [0.05, 0.1) is 16.3 Å². The quantitative estimate of drug-likeness (QED) is 0.848. The van der Waals surface area contributed by atoms with Gasteiger partial charge in [-0.2, -0.15) is 5.10 Å². The Labute approximate surface area is 124 Å². The highest BCUT2D eigenvalue weighted by molar-refractivity contribution is 8.14. The van der Waals surface area contributed by atoms with Gasteiger partial charge in [0.15, 0.2) is 5.82 Å². The monoisotopic (exact) mass is 316 g/mol. The SMILES string of the molecule is CC1SC(=O)NN=C1c1nc2ccc(Cl)cc2[nH]1.Cl. The number of hydrazone groups is 1. The molecule has 1 aliphatic rings. The molecule has 2 N–H and O–H groups in total. The number of amides is 1. The van der Waals surface area contributed by atoms with Crippen molar-refractivity contribution in [3.8, 4) is 0 Å². The first-order valence-electron chi connectivity index (χ1n) is 5.33. The number of hydrogen-bond donors (Lipinski definition) is 2. The maximum atomic E-state index is 11.2. The lowest BCUT2D eigenvalue weighted by Gasteiger charge is -2.16. The fourth-order valence-corrected chi connectivity index (χ4v) is 2.66. The summed E-state index contributed by atoms with van der Waals surface area (Å²) in [7, 11) is 0. The summed E-state index contributed by atoms with van der Waals surface area (Å²) in [5.74, 6) is 0.660. The van der Waals surface area contributed by atoms with Crippen LogP contribution < -0.4 is 5.43 Å². The molecule has 100 valence electrons. The standard InChI is InChI=1S/C11H9ClN4OS.ClH/c1-5-9(15-16-11(17)18-5)10-13-7-3-2-6(12)4-8(7)14-10;/h2-5H,1H3,(H,13,14)(H,16,17);1H. The molecule has 0 aliphatic carbocycles. The highest BCUT2D eigenvalue weighted by Gasteiger charge is 2.24. The molecule has 0 fully saturated rings. The lowest BCUT2D eigenvalue weighted by Crippen LogP contribution is -2.30. The van der Waals surface area contributed by atoms with Crippen LogP contribution in [0, 0.1) is 0 Å². The minimum atomic E-state index is -0.148. The lowest BCUT2D eigenvalue weighted by atomic mass is 10.3. The van der Waals surface area contributed by atoms with Crippen LogP contribution in [0.4, 0.5) is 4.79 Å². The normalized spacial score (nSPS) is 18.7. The number of fused-ring (bicyclic) bond motifs is 1. The molecule has 2 heterocycles. The predicted octanol–water partition coefficient (Wildman–Crippen LogP) is 3.19. The fraction of sp³-hybridized carbons (Fsp3) is 0.182. The summed E-state index contributed by atoms with van der Waals surface area (Å²) in [6.07, 6.45) is 0. The van der Waals surface area contributed by atoms with Crippen LogP contribution in [0.25, 0.3) is 11.0 Å². The summed E-state index contributed by atoms with van der Waals surface area (Å²) in [5, 5.41) is 4.52. The topological polar surface area (TPSA) is 70.1 Å². The van der Waals surface area contributed by atoms with Crippen LogP contribution >= 0.6 is 35.8 Å². The molecule has 1 amide bonds. The van der Waals surface area contributed by atoms with Gasteiger partial charge in [-0.25, -0.2) is 10.4 Å². The smallest absolute Gasteiger partial charge is 0.299 e. The summed E-state index contributed by atoms with van der Waals surface area (Å²) in [4.78, 5) is 18.8. The Morgan fingerprint density at radius 1 is 1.42 bits per heavy atom. The number of carbonyl (C=O) groups is 1. The molecule has 1 atom stereocenters. The largest absolute Gasteiger partial charge is 0.337 e. The molecule has 1 aliphatic heterocycles. The number of halogens is 2. The Morgan fingerprint density at radius 3 is 2.95 bits per heavy atom. The third kappa shape index (κ3) is 2.70. The molecular weight excluding hydrogens is 307 g/mol. The Bertz CT molecular complexity index is 670. The van der Waals surface area contributed by atoms with Crippen molar-refractivity contribution in [3.63, 3.8) is 0 Å².